The van der Waals surface area contributed by atoms with E-state index in [1.165, 1.54) is 6.33 Å². The lowest BCUT2D eigenvalue weighted by molar-refractivity contribution is 0.420. The monoisotopic (exact) mass is 222 g/mol. The van der Waals surface area contributed by atoms with Gasteiger partial charge in [0.05, 0.1) is 11.5 Å². The van der Waals surface area contributed by atoms with Crippen LogP contribution in [0.25, 0.3) is 12.2 Å². The first kappa shape index (κ1) is 16.8. The Morgan fingerprint density at radius 3 is 2.31 bits per heavy atom. The Morgan fingerprint density at radius 1 is 1.31 bits per heavy atom. The molecule has 1 aromatic heterocycles. The van der Waals surface area contributed by atoms with E-state index in [-0.39, 0.29) is 5.76 Å². The van der Waals surface area contributed by atoms with Gasteiger partial charge in [0.2, 0.25) is 0 Å². The van der Waals surface area contributed by atoms with Crippen molar-refractivity contribution in [3.63, 3.8) is 0 Å². The van der Waals surface area contributed by atoms with Crippen LogP contribution in [-0.4, -0.2) is 15.1 Å². The first-order valence-electron chi connectivity index (χ1n) is 5.53. The number of aromatic nitrogens is 2. The van der Waals surface area contributed by atoms with Gasteiger partial charge >= 0.3 is 0 Å². The van der Waals surface area contributed by atoms with E-state index >= 15 is 0 Å². The molecule has 16 heavy (non-hydrogen) atoms. The molecule has 0 bridgehead atoms. The van der Waals surface area contributed by atoms with E-state index in [0.717, 1.165) is 11.3 Å². The third-order valence-electron chi connectivity index (χ3n) is 1.33. The molecule has 1 N–H and O–H groups in total. The zero-order chi connectivity index (χ0) is 13.0. The normalized spacial score (nSPS) is 9.19. The molecule has 0 saturated heterocycles. The Bertz CT molecular complexity index is 315. The number of hydrogen-bond acceptors (Lipinski definition) is 3. The summed E-state index contributed by atoms with van der Waals surface area (Å²) in [5.41, 5.74) is 1.49. The van der Waals surface area contributed by atoms with Gasteiger partial charge in [-0.1, -0.05) is 34.3 Å². The van der Waals surface area contributed by atoms with Crippen molar-refractivity contribution in [1.29, 1.82) is 0 Å². The molecule has 1 heterocycles. The average Bonchev–Trinajstić information content (AvgIpc) is 2.34. The number of allylic oxidation sites excluding steroid dienone is 1. The molecule has 0 saturated carbocycles. The highest BCUT2D eigenvalue weighted by molar-refractivity contribution is 5.60. The fourth-order valence-corrected chi connectivity index (χ4v) is 0.857. The van der Waals surface area contributed by atoms with Crippen LogP contribution < -0.4 is 0 Å². The Labute approximate surface area is 98.6 Å². The van der Waals surface area contributed by atoms with E-state index in [1.54, 1.807) is 25.3 Å². The van der Waals surface area contributed by atoms with Crippen molar-refractivity contribution in [3.05, 3.63) is 36.1 Å². The van der Waals surface area contributed by atoms with Crippen molar-refractivity contribution < 1.29 is 5.11 Å². The Balaban J connectivity index is 0. The topological polar surface area (TPSA) is 46.0 Å². The SMILES string of the molecule is C=Cc1ncncc1/C=C(\C)O.CC.CC. The maximum Gasteiger partial charge on any atom is 0.116 e. The summed E-state index contributed by atoms with van der Waals surface area (Å²) >= 11 is 0. The van der Waals surface area contributed by atoms with Crippen molar-refractivity contribution in [2.45, 2.75) is 34.6 Å². The molecule has 0 radical (unpaired) electrons. The molecule has 0 amide bonds. The van der Waals surface area contributed by atoms with Gasteiger partial charge in [-0.3, -0.25) is 0 Å². The summed E-state index contributed by atoms with van der Waals surface area (Å²) in [6.07, 6.45) is 6.29. The summed E-state index contributed by atoms with van der Waals surface area (Å²) in [5.74, 6) is 0.230. The Hall–Kier alpha value is -1.64. The zero-order valence-electron chi connectivity index (χ0n) is 10.9. The van der Waals surface area contributed by atoms with Gasteiger partial charge in [0.15, 0.2) is 0 Å². The standard InChI is InChI=1S/C9H10N2O.2C2H6/c1-3-9-8(4-7(2)12)5-10-6-11-9;2*1-2/h3-6,12H,1H2,2H3;2*1-2H3/b7-4+;;. The molecule has 1 rings (SSSR count). The molecule has 0 aliphatic heterocycles. The Morgan fingerprint density at radius 2 is 1.88 bits per heavy atom. The quantitative estimate of drug-likeness (QED) is 0.766. The minimum Gasteiger partial charge on any atom is -0.513 e. The molecule has 3 heteroatoms. The number of aliphatic hydroxyl groups is 1. The number of hydrogen-bond donors (Lipinski definition) is 1. The maximum atomic E-state index is 9.00. The van der Waals surface area contributed by atoms with E-state index < -0.39 is 0 Å². The molecule has 0 aliphatic carbocycles. The summed E-state index contributed by atoms with van der Waals surface area (Å²) in [7, 11) is 0. The van der Waals surface area contributed by atoms with Crippen molar-refractivity contribution in [1.82, 2.24) is 9.97 Å². The summed E-state index contributed by atoms with van der Waals surface area (Å²) < 4.78 is 0. The fraction of sp³-hybridized carbons (Fsp3) is 0.385. The number of aliphatic hydroxyl groups excluding tert-OH is 1. The minimum atomic E-state index is 0.230. The van der Waals surface area contributed by atoms with E-state index in [2.05, 4.69) is 16.5 Å². The van der Waals surface area contributed by atoms with Crippen LogP contribution in [0, 0.1) is 0 Å². The second-order valence-electron chi connectivity index (χ2n) is 2.35. The Kier molecular flexibility index (Phi) is 12.0. The summed E-state index contributed by atoms with van der Waals surface area (Å²) in [4.78, 5) is 7.80. The first-order valence-corrected chi connectivity index (χ1v) is 5.53. The molecule has 0 spiro atoms. The molecular weight excluding hydrogens is 200 g/mol. The summed E-state index contributed by atoms with van der Waals surface area (Å²) in [5, 5.41) is 9.00. The van der Waals surface area contributed by atoms with Gasteiger partial charge in [0, 0.05) is 11.8 Å². The van der Waals surface area contributed by atoms with Crippen LogP contribution in [-0.2, 0) is 0 Å². The number of nitrogens with zero attached hydrogens (tertiary/aromatic N) is 2. The highest BCUT2D eigenvalue weighted by Crippen LogP contribution is 2.08. The first-order chi connectivity index (χ1) is 7.74. The van der Waals surface area contributed by atoms with Crippen molar-refractivity contribution in [2.24, 2.45) is 0 Å². The molecule has 90 valence electrons. The van der Waals surface area contributed by atoms with Crippen LogP contribution >= 0.6 is 0 Å². The lowest BCUT2D eigenvalue weighted by atomic mass is 10.2. The van der Waals surface area contributed by atoms with Gasteiger partial charge in [0.1, 0.15) is 6.33 Å². The van der Waals surface area contributed by atoms with Crippen molar-refractivity contribution in [2.75, 3.05) is 0 Å². The van der Waals surface area contributed by atoms with Crippen LogP contribution in [0.15, 0.2) is 24.9 Å². The smallest absolute Gasteiger partial charge is 0.116 e. The average molecular weight is 222 g/mol. The molecule has 1 aromatic rings. The molecule has 0 aliphatic rings. The third kappa shape index (κ3) is 6.76. The molecule has 3 nitrogen and oxygen atoms in total. The van der Waals surface area contributed by atoms with Crippen LogP contribution in [0.2, 0.25) is 0 Å². The van der Waals surface area contributed by atoms with Crippen molar-refractivity contribution in [3.8, 4) is 0 Å². The maximum absolute atomic E-state index is 9.00. The van der Waals surface area contributed by atoms with Gasteiger partial charge in [-0.15, -0.1) is 0 Å². The zero-order valence-corrected chi connectivity index (χ0v) is 10.9. The summed E-state index contributed by atoms with van der Waals surface area (Å²) in [6.45, 7) is 13.2. The van der Waals surface area contributed by atoms with Gasteiger partial charge in [-0.05, 0) is 19.1 Å². The van der Waals surface area contributed by atoms with Crippen LogP contribution in [0.5, 0.6) is 0 Å². The van der Waals surface area contributed by atoms with E-state index in [1.807, 2.05) is 27.7 Å². The minimum absolute atomic E-state index is 0.230. The van der Waals surface area contributed by atoms with Crippen LogP contribution in [0.1, 0.15) is 45.9 Å². The van der Waals surface area contributed by atoms with Gasteiger partial charge in [-0.2, -0.15) is 0 Å². The van der Waals surface area contributed by atoms with E-state index in [9.17, 15) is 0 Å². The molecule has 0 aromatic carbocycles. The van der Waals surface area contributed by atoms with E-state index in [4.69, 9.17) is 5.11 Å². The number of rotatable bonds is 2. The predicted octanol–water partition coefficient (Wildman–Crippen LogP) is 4.09. The second kappa shape index (κ2) is 11.4. The largest absolute Gasteiger partial charge is 0.513 e. The molecule has 0 atom stereocenters. The predicted molar refractivity (Wildman–Crippen MR) is 71.1 cm³/mol. The fourth-order valence-electron chi connectivity index (χ4n) is 0.857. The van der Waals surface area contributed by atoms with Gasteiger partial charge < -0.3 is 5.11 Å². The van der Waals surface area contributed by atoms with Gasteiger partial charge in [-0.25, -0.2) is 9.97 Å². The highest BCUT2D eigenvalue weighted by Gasteiger charge is 1.96. The second-order valence-corrected chi connectivity index (χ2v) is 2.35. The highest BCUT2D eigenvalue weighted by atomic mass is 16.3. The lowest BCUT2D eigenvalue weighted by Gasteiger charge is -1.97. The molecule has 0 fully saturated rings. The molecular formula is C13H22N2O. The summed E-state index contributed by atoms with van der Waals surface area (Å²) in [6, 6.07) is 0. The van der Waals surface area contributed by atoms with Crippen LogP contribution in [0.4, 0.5) is 0 Å². The van der Waals surface area contributed by atoms with Crippen molar-refractivity contribution >= 4 is 12.2 Å². The van der Waals surface area contributed by atoms with Crippen LogP contribution in [0.3, 0.4) is 0 Å². The molecule has 0 unspecified atom stereocenters. The lowest BCUT2D eigenvalue weighted by Crippen LogP contribution is -1.88. The van der Waals surface area contributed by atoms with E-state index in [0.29, 0.717) is 0 Å². The van der Waals surface area contributed by atoms with Gasteiger partial charge in [0.25, 0.3) is 0 Å². The third-order valence-corrected chi connectivity index (χ3v) is 1.33.